The number of hydrogen-bond donors (Lipinski definition) is 3. The van der Waals surface area contributed by atoms with E-state index in [1.165, 1.54) is 32.2 Å². The molecular weight excluding hydrogens is 961 g/mol. The van der Waals surface area contributed by atoms with E-state index >= 15 is 4.39 Å². The second kappa shape index (κ2) is 20.7. The molecule has 1 saturated heterocycles. The molecular formula is C53H55ClFN9O5S2. The zero-order valence-corrected chi connectivity index (χ0v) is 42.8. The maximum Gasteiger partial charge on any atom is 0.248 e. The van der Waals surface area contributed by atoms with Crippen LogP contribution in [0.3, 0.4) is 0 Å². The number of thiophene rings is 2. The number of carbonyl (C=O) groups is 3. The predicted molar refractivity (Wildman–Crippen MR) is 275 cm³/mol. The lowest BCUT2D eigenvalue weighted by Gasteiger charge is -2.30. The number of nitrogens with one attached hydrogen (secondary N) is 2. The molecule has 7 aromatic rings. The third-order valence-electron chi connectivity index (χ3n) is 13.2. The molecule has 14 nitrogen and oxygen atoms in total. The van der Waals surface area contributed by atoms with Gasteiger partial charge >= 0.3 is 0 Å². The first-order chi connectivity index (χ1) is 34.0. The molecule has 0 aliphatic carbocycles. The van der Waals surface area contributed by atoms with E-state index in [9.17, 15) is 19.5 Å². The minimum Gasteiger partial charge on any atom is -0.492 e. The Balaban J connectivity index is 0.837. The van der Waals surface area contributed by atoms with Crippen LogP contribution in [0.1, 0.15) is 96.1 Å². The minimum absolute atomic E-state index is 0.000558. The van der Waals surface area contributed by atoms with Crippen molar-refractivity contribution >= 4 is 57.7 Å². The topological polar surface area (TPSA) is 169 Å². The molecule has 0 unspecified atom stereocenters. The molecule has 0 saturated carbocycles. The van der Waals surface area contributed by atoms with E-state index < -0.39 is 30.0 Å². The van der Waals surface area contributed by atoms with Gasteiger partial charge in [0.05, 0.1) is 37.0 Å². The number of amides is 3. The Morgan fingerprint density at radius 2 is 1.69 bits per heavy atom. The number of hydrogen-bond acceptors (Lipinski definition) is 11. The molecule has 2 aliphatic rings. The van der Waals surface area contributed by atoms with Crippen molar-refractivity contribution in [3.63, 3.8) is 0 Å². The summed E-state index contributed by atoms with van der Waals surface area (Å²) in [6, 6.07) is 19.3. The third-order valence-corrected chi connectivity index (χ3v) is 15.7. The van der Waals surface area contributed by atoms with Gasteiger partial charge in [-0.3, -0.25) is 28.6 Å². The fraction of sp³-hybridized carbons (Fsp3) is 0.340. The van der Waals surface area contributed by atoms with Gasteiger partial charge < -0.3 is 25.4 Å². The normalized spacial score (nSPS) is 17.3. The molecule has 1 fully saturated rings. The molecule has 5 atom stereocenters. The summed E-state index contributed by atoms with van der Waals surface area (Å²) in [5, 5.41) is 33.8. The quantitative estimate of drug-likeness (QED) is 0.0854. The van der Waals surface area contributed by atoms with Gasteiger partial charge in [-0.25, -0.2) is 4.39 Å². The van der Waals surface area contributed by atoms with Crippen molar-refractivity contribution in [1.29, 1.82) is 0 Å². The molecule has 0 bridgehead atoms. The van der Waals surface area contributed by atoms with Crippen molar-refractivity contribution in [2.75, 3.05) is 19.7 Å². The zero-order valence-electron chi connectivity index (χ0n) is 40.4. The standard InChI is InChI=1S/C53H55ClFN9O5S2/c1-28(2)48(52(68)62-27-41(65)23-44(62)51(67)58-31(5)34-8-10-36(11-9-34)49-29(3)16-19-70-49)63-26-38(25-57-63)37-20-40(55)22-42(21-37)69-18-17-56-45(66)24-43-50-61-60-33(7)64(50)53-46(30(4)32(6)71-53)47(59-43)35-12-14-39(54)15-13-35/h8-16,19-22,25-26,28,31,41,43-44,48,65H,17-18,23-24,27H2,1-7H3,(H,56,66)(H,58,67)/t31-,41+,43-,44-,48+/m0/s1. The highest BCUT2D eigenvalue weighted by Gasteiger charge is 2.43. The molecule has 6 heterocycles. The molecule has 71 heavy (non-hydrogen) atoms. The SMILES string of the molecule is Cc1ccsc1-c1ccc([C@H](C)NC(=O)[C@@H]2C[C@@H](O)CN2C(=O)[C@@H](C(C)C)n2cc(-c3cc(F)cc(OCCNC(=O)C[C@@H]4N=C(c5ccc(Cl)cc5)c5c(sc(C)c5C)-n5c(C)nnc54)c3)cn2)cc1. The molecule has 4 aromatic heterocycles. The lowest BCUT2D eigenvalue weighted by Crippen LogP contribution is -2.49. The Morgan fingerprint density at radius 1 is 0.944 bits per heavy atom. The van der Waals surface area contributed by atoms with Crippen molar-refractivity contribution in [2.24, 2.45) is 10.9 Å². The predicted octanol–water partition coefficient (Wildman–Crippen LogP) is 9.46. The van der Waals surface area contributed by atoms with Crippen molar-refractivity contribution in [2.45, 2.75) is 91.6 Å². The largest absolute Gasteiger partial charge is 0.492 e. The summed E-state index contributed by atoms with van der Waals surface area (Å²) in [5.41, 5.74) is 7.91. The lowest BCUT2D eigenvalue weighted by molar-refractivity contribution is -0.142. The van der Waals surface area contributed by atoms with Gasteiger partial charge in [0.1, 0.15) is 47.1 Å². The van der Waals surface area contributed by atoms with E-state index in [0.717, 1.165) is 43.4 Å². The van der Waals surface area contributed by atoms with Gasteiger partial charge in [-0.05, 0) is 104 Å². The fourth-order valence-corrected chi connectivity index (χ4v) is 11.6. The first-order valence-electron chi connectivity index (χ1n) is 23.6. The number of aliphatic imine (C=N–C) groups is 1. The van der Waals surface area contributed by atoms with Crippen LogP contribution < -0.4 is 15.4 Å². The summed E-state index contributed by atoms with van der Waals surface area (Å²) in [6.07, 6.45) is 2.44. The van der Waals surface area contributed by atoms with Crippen LogP contribution in [0.2, 0.25) is 5.02 Å². The first kappa shape index (κ1) is 49.5. The van der Waals surface area contributed by atoms with Crippen LogP contribution in [0.15, 0.2) is 95.6 Å². The van der Waals surface area contributed by atoms with Crippen LogP contribution >= 0.6 is 34.3 Å². The summed E-state index contributed by atoms with van der Waals surface area (Å²) in [5.74, 6) is -0.294. The van der Waals surface area contributed by atoms with Crippen molar-refractivity contribution < 1.29 is 28.6 Å². The fourth-order valence-electron chi connectivity index (χ4n) is 9.36. The number of aliphatic hydroxyl groups excluding tert-OH is 1. The Morgan fingerprint density at radius 3 is 2.41 bits per heavy atom. The molecule has 3 amide bonds. The van der Waals surface area contributed by atoms with Gasteiger partial charge in [-0.2, -0.15) is 5.10 Å². The monoisotopic (exact) mass is 1020 g/mol. The zero-order chi connectivity index (χ0) is 50.2. The van der Waals surface area contributed by atoms with Crippen LogP contribution in [0.25, 0.3) is 26.6 Å². The number of aromatic nitrogens is 5. The number of aryl methyl sites for hydroxylation is 3. The second-order valence-corrected chi connectivity index (χ2v) is 21.1. The van der Waals surface area contributed by atoms with Crippen LogP contribution in [0.5, 0.6) is 5.75 Å². The van der Waals surface area contributed by atoms with Gasteiger partial charge in [0.25, 0.3) is 0 Å². The van der Waals surface area contributed by atoms with Gasteiger partial charge in [-0.1, -0.05) is 61.8 Å². The van der Waals surface area contributed by atoms with E-state index in [2.05, 4.69) is 58.1 Å². The number of nitrogens with zero attached hydrogens (tertiary/aromatic N) is 7. The molecule has 0 radical (unpaired) electrons. The average molecular weight is 1020 g/mol. The summed E-state index contributed by atoms with van der Waals surface area (Å²) in [7, 11) is 0. The molecule has 368 valence electrons. The summed E-state index contributed by atoms with van der Waals surface area (Å²) in [6.45, 7) is 14.0. The van der Waals surface area contributed by atoms with Gasteiger partial charge in [0, 0.05) is 56.7 Å². The molecule has 0 spiro atoms. The lowest BCUT2D eigenvalue weighted by atomic mass is 9.99. The van der Waals surface area contributed by atoms with E-state index in [0.29, 0.717) is 27.8 Å². The van der Waals surface area contributed by atoms with Crippen LogP contribution in [0.4, 0.5) is 4.39 Å². The average Bonchev–Trinajstić information content (AvgIpc) is 4.19. The molecule has 9 rings (SSSR count). The van der Waals surface area contributed by atoms with Crippen molar-refractivity contribution in [3.05, 3.63) is 146 Å². The maximum absolute atomic E-state index is 15.2. The summed E-state index contributed by atoms with van der Waals surface area (Å²) in [4.78, 5) is 50.8. The first-order valence-corrected chi connectivity index (χ1v) is 25.7. The minimum atomic E-state index is -0.885. The smallest absolute Gasteiger partial charge is 0.248 e. The summed E-state index contributed by atoms with van der Waals surface area (Å²) >= 11 is 9.58. The van der Waals surface area contributed by atoms with Crippen molar-refractivity contribution in [3.8, 4) is 32.3 Å². The Labute approximate surface area is 424 Å². The maximum atomic E-state index is 15.2. The Bertz CT molecular complexity index is 3140. The number of benzene rings is 3. The third kappa shape index (κ3) is 10.3. The van der Waals surface area contributed by atoms with E-state index in [1.54, 1.807) is 41.1 Å². The van der Waals surface area contributed by atoms with E-state index in [4.69, 9.17) is 21.3 Å². The highest BCUT2D eigenvalue weighted by atomic mass is 35.5. The molecule has 18 heteroatoms. The van der Waals surface area contributed by atoms with E-state index in [1.807, 2.05) is 80.8 Å². The van der Waals surface area contributed by atoms with Gasteiger partial charge in [0.15, 0.2) is 5.82 Å². The molecule has 2 aliphatic heterocycles. The number of likely N-dealkylation sites (tertiary alicyclic amines) is 1. The highest BCUT2D eigenvalue weighted by Crippen LogP contribution is 2.40. The number of aliphatic hydroxyl groups is 1. The van der Waals surface area contributed by atoms with E-state index in [-0.39, 0.29) is 68.0 Å². The van der Waals surface area contributed by atoms with Gasteiger partial charge in [0.2, 0.25) is 17.7 Å². The van der Waals surface area contributed by atoms with Crippen LogP contribution in [-0.4, -0.2) is 89.8 Å². The number of ether oxygens (including phenoxy) is 1. The van der Waals surface area contributed by atoms with Crippen LogP contribution in [0, 0.1) is 39.4 Å². The molecule has 3 aromatic carbocycles. The number of carbonyl (C=O) groups excluding carboxylic acids is 3. The second-order valence-electron chi connectivity index (χ2n) is 18.6. The number of fused-ring (bicyclic) bond motifs is 3. The number of rotatable bonds is 15. The number of β-amino-alcohol motifs (C(OH)–C–C–N with tert-alkyl or cyclic N) is 1. The molecule has 3 N–H and O–H groups in total. The number of halogens is 2. The highest BCUT2D eigenvalue weighted by molar-refractivity contribution is 7.15. The summed E-state index contributed by atoms with van der Waals surface area (Å²) < 4.78 is 24.7. The Kier molecular flexibility index (Phi) is 14.4. The van der Waals surface area contributed by atoms with Crippen molar-refractivity contribution in [1.82, 2.24) is 40.1 Å². The van der Waals surface area contributed by atoms with Gasteiger partial charge in [-0.15, -0.1) is 32.9 Å². The Hall–Kier alpha value is -6.53. The van der Waals surface area contributed by atoms with Crippen LogP contribution in [-0.2, 0) is 14.4 Å².